The maximum atomic E-state index is 13.8. The van der Waals surface area contributed by atoms with Crippen LogP contribution in [0.1, 0.15) is 35.2 Å². The molecule has 108 valence electrons. The van der Waals surface area contributed by atoms with E-state index in [-0.39, 0.29) is 12.6 Å². The maximum Gasteiger partial charge on any atom is 0.131 e. The fourth-order valence-electron chi connectivity index (χ4n) is 2.04. The lowest BCUT2D eigenvalue weighted by Crippen LogP contribution is -2.09. The van der Waals surface area contributed by atoms with E-state index in [1.807, 2.05) is 38.1 Å². The normalized spacial score (nSPS) is 11.8. The summed E-state index contributed by atoms with van der Waals surface area (Å²) in [4.78, 5) is 0. The fourth-order valence-corrected chi connectivity index (χ4v) is 2.04. The first-order chi connectivity index (χ1) is 10.0. The molecule has 0 unspecified atom stereocenters. The Balaban J connectivity index is 2.19. The molecule has 0 aromatic heterocycles. The lowest BCUT2D eigenvalue weighted by molar-refractivity contribution is 0.295. The summed E-state index contributed by atoms with van der Waals surface area (Å²) >= 11 is 0. The monoisotopic (exact) mass is 284 g/mol. The zero-order chi connectivity index (χ0) is 15.4. The largest absolute Gasteiger partial charge is 0.488 e. The van der Waals surface area contributed by atoms with E-state index in [0.29, 0.717) is 16.9 Å². The predicted octanol–water partition coefficient (Wildman–Crippen LogP) is 3.60. The van der Waals surface area contributed by atoms with Crippen molar-refractivity contribution in [3.8, 4) is 11.8 Å². The number of nitrogens with zero attached hydrogens (tertiary/aromatic N) is 1. The summed E-state index contributed by atoms with van der Waals surface area (Å²) in [5.74, 6) is 0.211. The summed E-state index contributed by atoms with van der Waals surface area (Å²) in [7, 11) is 0. The molecule has 0 spiro atoms. The van der Waals surface area contributed by atoms with Crippen LogP contribution in [0.3, 0.4) is 0 Å². The molecule has 2 aromatic carbocycles. The van der Waals surface area contributed by atoms with Gasteiger partial charge in [-0.3, -0.25) is 0 Å². The van der Waals surface area contributed by atoms with Crippen molar-refractivity contribution in [3.05, 3.63) is 64.5 Å². The molecule has 2 rings (SSSR count). The van der Waals surface area contributed by atoms with Crippen LogP contribution in [0.2, 0.25) is 0 Å². The molecule has 0 amide bonds. The Labute approximate surface area is 123 Å². The first kappa shape index (κ1) is 15.0. The van der Waals surface area contributed by atoms with Crippen LogP contribution < -0.4 is 10.5 Å². The van der Waals surface area contributed by atoms with E-state index in [1.165, 1.54) is 6.07 Å². The van der Waals surface area contributed by atoms with Crippen molar-refractivity contribution in [3.63, 3.8) is 0 Å². The summed E-state index contributed by atoms with van der Waals surface area (Å²) < 4.78 is 19.5. The molecule has 0 aliphatic heterocycles. The molecule has 0 bridgehead atoms. The van der Waals surface area contributed by atoms with Gasteiger partial charge >= 0.3 is 0 Å². The number of nitriles is 1. The third-order valence-electron chi connectivity index (χ3n) is 3.22. The van der Waals surface area contributed by atoms with Crippen LogP contribution in [0, 0.1) is 24.1 Å². The van der Waals surface area contributed by atoms with E-state index in [2.05, 4.69) is 0 Å². The van der Waals surface area contributed by atoms with E-state index >= 15 is 0 Å². The Bertz CT molecular complexity index is 690. The number of rotatable bonds is 4. The zero-order valence-electron chi connectivity index (χ0n) is 12.1. The van der Waals surface area contributed by atoms with Gasteiger partial charge in [0.15, 0.2) is 0 Å². The first-order valence-electron chi connectivity index (χ1n) is 6.68. The van der Waals surface area contributed by atoms with Crippen LogP contribution in [0.5, 0.6) is 5.75 Å². The Morgan fingerprint density at radius 1 is 1.29 bits per heavy atom. The van der Waals surface area contributed by atoms with Crippen molar-refractivity contribution in [2.45, 2.75) is 26.5 Å². The highest BCUT2D eigenvalue weighted by Crippen LogP contribution is 2.26. The number of hydrogen-bond donors (Lipinski definition) is 1. The molecule has 3 nitrogen and oxygen atoms in total. The van der Waals surface area contributed by atoms with Crippen LogP contribution >= 0.6 is 0 Å². The Kier molecular flexibility index (Phi) is 4.56. The van der Waals surface area contributed by atoms with Crippen LogP contribution in [0.25, 0.3) is 0 Å². The van der Waals surface area contributed by atoms with Gasteiger partial charge < -0.3 is 10.5 Å². The molecule has 2 N–H and O–H groups in total. The second-order valence-corrected chi connectivity index (χ2v) is 5.04. The number of halogens is 1. The van der Waals surface area contributed by atoms with Gasteiger partial charge in [0.2, 0.25) is 0 Å². The minimum atomic E-state index is -0.441. The van der Waals surface area contributed by atoms with Gasteiger partial charge in [0.05, 0.1) is 11.6 Å². The SMILES string of the molecule is Cc1ccc(OCc2ccc(C#N)cc2F)c([C@@H](C)N)c1. The van der Waals surface area contributed by atoms with E-state index in [9.17, 15) is 4.39 Å². The average Bonchev–Trinajstić information content (AvgIpc) is 2.46. The molecule has 2 aromatic rings. The maximum absolute atomic E-state index is 13.8. The quantitative estimate of drug-likeness (QED) is 0.933. The molecule has 21 heavy (non-hydrogen) atoms. The Morgan fingerprint density at radius 3 is 2.67 bits per heavy atom. The van der Waals surface area contributed by atoms with Gasteiger partial charge in [0.25, 0.3) is 0 Å². The smallest absolute Gasteiger partial charge is 0.131 e. The summed E-state index contributed by atoms with van der Waals surface area (Å²) in [5.41, 5.74) is 8.62. The summed E-state index contributed by atoms with van der Waals surface area (Å²) in [6.45, 7) is 3.96. The number of ether oxygens (including phenoxy) is 1. The fraction of sp³-hybridized carbons (Fsp3) is 0.235. The molecule has 4 heteroatoms. The number of hydrogen-bond acceptors (Lipinski definition) is 3. The van der Waals surface area contributed by atoms with Gasteiger partial charge in [-0.15, -0.1) is 0 Å². The molecular formula is C17H17FN2O. The average molecular weight is 284 g/mol. The summed E-state index contributed by atoms with van der Waals surface area (Å²) in [5, 5.41) is 8.72. The van der Waals surface area contributed by atoms with Crippen molar-refractivity contribution in [2.75, 3.05) is 0 Å². The standard InChI is InChI=1S/C17H17FN2O/c1-11-3-6-17(15(7-11)12(2)20)21-10-14-5-4-13(9-19)8-16(14)18/h3-8,12H,10,20H2,1-2H3/t12-/m1/s1. The predicted molar refractivity (Wildman–Crippen MR) is 79.2 cm³/mol. The molecular weight excluding hydrogens is 267 g/mol. The van der Waals surface area contributed by atoms with Crippen molar-refractivity contribution in [1.29, 1.82) is 5.26 Å². The van der Waals surface area contributed by atoms with Gasteiger partial charge in [0.1, 0.15) is 18.2 Å². The van der Waals surface area contributed by atoms with E-state index in [0.717, 1.165) is 11.1 Å². The lowest BCUT2D eigenvalue weighted by atomic mass is 10.1. The van der Waals surface area contributed by atoms with Crippen LogP contribution in [0.4, 0.5) is 4.39 Å². The second-order valence-electron chi connectivity index (χ2n) is 5.04. The van der Waals surface area contributed by atoms with Gasteiger partial charge in [-0.2, -0.15) is 5.26 Å². The highest BCUT2D eigenvalue weighted by molar-refractivity contribution is 5.39. The molecule has 0 radical (unpaired) electrons. The van der Waals surface area contributed by atoms with Crippen LogP contribution in [-0.4, -0.2) is 0 Å². The van der Waals surface area contributed by atoms with Gasteiger partial charge in [0, 0.05) is 17.2 Å². The Hall–Kier alpha value is -2.38. The minimum absolute atomic E-state index is 0.0975. The summed E-state index contributed by atoms with van der Waals surface area (Å²) in [6, 6.07) is 11.8. The molecule has 0 aliphatic rings. The molecule has 1 atom stereocenters. The highest BCUT2D eigenvalue weighted by atomic mass is 19.1. The van der Waals surface area contributed by atoms with Crippen molar-refractivity contribution in [2.24, 2.45) is 5.73 Å². The minimum Gasteiger partial charge on any atom is -0.488 e. The lowest BCUT2D eigenvalue weighted by Gasteiger charge is -2.15. The van der Waals surface area contributed by atoms with Crippen molar-refractivity contribution in [1.82, 2.24) is 0 Å². The second kappa shape index (κ2) is 6.38. The number of aryl methyl sites for hydroxylation is 1. The highest BCUT2D eigenvalue weighted by Gasteiger charge is 2.10. The van der Waals surface area contributed by atoms with E-state index in [1.54, 1.807) is 12.1 Å². The van der Waals surface area contributed by atoms with Crippen molar-refractivity contribution >= 4 is 0 Å². The zero-order valence-corrected chi connectivity index (χ0v) is 12.1. The van der Waals surface area contributed by atoms with Gasteiger partial charge in [-0.05, 0) is 32.0 Å². The molecule has 0 saturated carbocycles. The topological polar surface area (TPSA) is 59.0 Å². The number of nitrogens with two attached hydrogens (primary N) is 1. The van der Waals surface area contributed by atoms with Gasteiger partial charge in [-0.25, -0.2) is 4.39 Å². The Morgan fingerprint density at radius 2 is 2.05 bits per heavy atom. The van der Waals surface area contributed by atoms with E-state index < -0.39 is 5.82 Å². The first-order valence-corrected chi connectivity index (χ1v) is 6.68. The van der Waals surface area contributed by atoms with E-state index in [4.69, 9.17) is 15.7 Å². The molecule has 0 heterocycles. The van der Waals surface area contributed by atoms with Crippen LogP contribution in [0.15, 0.2) is 36.4 Å². The van der Waals surface area contributed by atoms with Gasteiger partial charge in [-0.1, -0.05) is 23.8 Å². The molecule has 0 aliphatic carbocycles. The molecule has 0 fully saturated rings. The third kappa shape index (κ3) is 3.59. The summed E-state index contributed by atoms with van der Waals surface area (Å²) in [6.07, 6.45) is 0. The van der Waals surface area contributed by atoms with Crippen LogP contribution in [-0.2, 0) is 6.61 Å². The number of benzene rings is 2. The molecule has 0 saturated heterocycles. The van der Waals surface area contributed by atoms with Crippen molar-refractivity contribution < 1.29 is 9.13 Å². The third-order valence-corrected chi connectivity index (χ3v) is 3.22.